The van der Waals surface area contributed by atoms with Gasteiger partial charge >= 0.3 is 0 Å². The fourth-order valence-corrected chi connectivity index (χ4v) is 2.61. The number of oxazole rings is 1. The van der Waals surface area contributed by atoms with Gasteiger partial charge in [-0.25, -0.2) is 4.98 Å². The number of nitrogens with zero attached hydrogens (tertiary/aromatic N) is 3. The molecule has 1 saturated heterocycles. The van der Waals surface area contributed by atoms with Crippen molar-refractivity contribution >= 4 is 22.6 Å². The second-order valence-corrected chi connectivity index (χ2v) is 5.36. The van der Waals surface area contributed by atoms with Crippen molar-refractivity contribution in [3.05, 3.63) is 36.9 Å². The molecular weight excluding hydrogens is 296 g/mol. The first-order valence-corrected chi connectivity index (χ1v) is 7.38. The molecule has 0 aliphatic carbocycles. The number of carbonyl (C=O) groups excluding carboxylic acids is 1. The summed E-state index contributed by atoms with van der Waals surface area (Å²) in [5.41, 5.74) is 1.63. The second kappa shape index (κ2) is 5.77. The lowest BCUT2D eigenvalue weighted by Crippen LogP contribution is -2.27. The molecule has 3 aromatic rings. The van der Waals surface area contributed by atoms with Gasteiger partial charge in [0, 0.05) is 17.6 Å². The average Bonchev–Trinajstić information content (AvgIpc) is 3.27. The van der Waals surface area contributed by atoms with E-state index in [4.69, 9.17) is 9.15 Å². The van der Waals surface area contributed by atoms with Crippen LogP contribution >= 0.6 is 0 Å². The molecule has 1 amide bonds. The van der Waals surface area contributed by atoms with Crippen LogP contribution in [0.25, 0.3) is 22.2 Å². The van der Waals surface area contributed by atoms with Gasteiger partial charge < -0.3 is 14.5 Å². The average molecular weight is 310 g/mol. The minimum atomic E-state index is -0.395. The maximum atomic E-state index is 12.1. The van der Waals surface area contributed by atoms with Crippen LogP contribution in [-0.4, -0.2) is 33.8 Å². The maximum absolute atomic E-state index is 12.1. The number of carbonyl (C=O) groups is 1. The van der Waals surface area contributed by atoms with Crippen molar-refractivity contribution in [1.29, 1.82) is 0 Å². The predicted molar refractivity (Wildman–Crippen MR) is 82.6 cm³/mol. The zero-order chi connectivity index (χ0) is 15.6. The monoisotopic (exact) mass is 310 g/mol. The van der Waals surface area contributed by atoms with Crippen molar-refractivity contribution < 1.29 is 13.9 Å². The highest BCUT2D eigenvalue weighted by Gasteiger charge is 2.23. The molecule has 1 N–H and O–H groups in total. The number of rotatable bonds is 3. The predicted octanol–water partition coefficient (Wildman–Crippen LogP) is 2.40. The first-order valence-electron chi connectivity index (χ1n) is 7.38. The number of aromatic nitrogens is 3. The molecule has 1 fully saturated rings. The van der Waals surface area contributed by atoms with E-state index >= 15 is 0 Å². The van der Waals surface area contributed by atoms with Crippen LogP contribution < -0.4 is 5.32 Å². The van der Waals surface area contributed by atoms with E-state index in [-0.39, 0.29) is 5.91 Å². The van der Waals surface area contributed by atoms with Gasteiger partial charge in [-0.2, -0.15) is 0 Å². The highest BCUT2D eigenvalue weighted by Crippen LogP contribution is 2.24. The Hall–Kier alpha value is -2.80. The summed E-state index contributed by atoms with van der Waals surface area (Å²) in [7, 11) is 0. The first-order chi connectivity index (χ1) is 11.3. The highest BCUT2D eigenvalue weighted by molar-refractivity contribution is 5.95. The molecule has 1 aliphatic rings. The van der Waals surface area contributed by atoms with E-state index in [1.165, 1.54) is 6.39 Å². The summed E-state index contributed by atoms with van der Waals surface area (Å²) < 4.78 is 10.7. The Balaban J connectivity index is 1.62. The zero-order valence-corrected chi connectivity index (χ0v) is 12.2. The van der Waals surface area contributed by atoms with Crippen molar-refractivity contribution in [3.8, 4) is 11.3 Å². The first kappa shape index (κ1) is 13.8. The highest BCUT2D eigenvalue weighted by atomic mass is 16.5. The van der Waals surface area contributed by atoms with Crippen molar-refractivity contribution in [2.24, 2.45) is 0 Å². The van der Waals surface area contributed by atoms with Gasteiger partial charge in [-0.1, -0.05) is 0 Å². The van der Waals surface area contributed by atoms with Crippen LogP contribution in [0.15, 0.2) is 41.3 Å². The van der Waals surface area contributed by atoms with E-state index in [0.717, 1.165) is 29.3 Å². The lowest BCUT2D eigenvalue weighted by Gasteiger charge is -2.09. The van der Waals surface area contributed by atoms with Crippen LogP contribution in [0.3, 0.4) is 0 Å². The SMILES string of the molecule is O=C(Nc1cc2cc(-c3cnco3)ccc2nn1)C1CCCO1. The summed E-state index contributed by atoms with van der Waals surface area (Å²) in [5.74, 6) is 0.906. The molecule has 7 heteroatoms. The molecule has 0 radical (unpaired) electrons. The van der Waals surface area contributed by atoms with Crippen LogP contribution in [0.2, 0.25) is 0 Å². The Kier molecular flexibility index (Phi) is 3.47. The van der Waals surface area contributed by atoms with Gasteiger partial charge in [-0.3, -0.25) is 4.79 Å². The van der Waals surface area contributed by atoms with E-state index < -0.39 is 6.10 Å². The van der Waals surface area contributed by atoms with Gasteiger partial charge in [-0.15, -0.1) is 10.2 Å². The molecule has 0 saturated carbocycles. The number of anilines is 1. The lowest BCUT2D eigenvalue weighted by molar-refractivity contribution is -0.124. The summed E-state index contributed by atoms with van der Waals surface area (Å²) in [6, 6.07) is 7.45. The molecular formula is C16H14N4O3. The minimum absolute atomic E-state index is 0.178. The number of ether oxygens (including phenoxy) is 1. The van der Waals surface area contributed by atoms with Crippen molar-refractivity contribution in [2.45, 2.75) is 18.9 Å². The minimum Gasteiger partial charge on any atom is -0.444 e. The van der Waals surface area contributed by atoms with Crippen LogP contribution in [-0.2, 0) is 9.53 Å². The van der Waals surface area contributed by atoms with E-state index in [1.807, 2.05) is 18.2 Å². The Morgan fingerprint density at radius 3 is 3.00 bits per heavy atom. The van der Waals surface area contributed by atoms with Gasteiger partial charge in [0.05, 0.1) is 11.7 Å². The molecule has 1 aliphatic heterocycles. The fraction of sp³-hybridized carbons (Fsp3) is 0.250. The third-order valence-corrected chi connectivity index (χ3v) is 3.78. The summed E-state index contributed by atoms with van der Waals surface area (Å²) in [4.78, 5) is 16.0. The summed E-state index contributed by atoms with van der Waals surface area (Å²) >= 11 is 0. The molecule has 2 aromatic heterocycles. The Labute approximate surface area is 131 Å². The Morgan fingerprint density at radius 1 is 1.26 bits per heavy atom. The normalized spacial score (nSPS) is 17.5. The number of hydrogen-bond donors (Lipinski definition) is 1. The molecule has 3 heterocycles. The van der Waals surface area contributed by atoms with E-state index in [9.17, 15) is 4.79 Å². The molecule has 23 heavy (non-hydrogen) atoms. The number of amides is 1. The smallest absolute Gasteiger partial charge is 0.254 e. The van der Waals surface area contributed by atoms with Crippen LogP contribution in [0.5, 0.6) is 0 Å². The van der Waals surface area contributed by atoms with Gasteiger partial charge in [0.2, 0.25) is 0 Å². The molecule has 4 rings (SSSR count). The second-order valence-electron chi connectivity index (χ2n) is 5.36. The third-order valence-electron chi connectivity index (χ3n) is 3.78. The largest absolute Gasteiger partial charge is 0.444 e. The molecule has 1 aromatic carbocycles. The quantitative estimate of drug-likeness (QED) is 0.799. The standard InChI is InChI=1S/C16H14N4O3/c21-16(13-2-1-5-22-13)18-15-7-11-6-10(14-8-17-9-23-14)3-4-12(11)19-20-15/h3-4,6-9,13H,1-2,5H2,(H,18,20,21). The number of nitrogens with one attached hydrogen (secondary N) is 1. The topological polar surface area (TPSA) is 90.1 Å². The maximum Gasteiger partial charge on any atom is 0.254 e. The molecule has 1 unspecified atom stereocenters. The molecule has 116 valence electrons. The van der Waals surface area contributed by atoms with Gasteiger partial charge in [0.15, 0.2) is 18.0 Å². The van der Waals surface area contributed by atoms with E-state index in [1.54, 1.807) is 12.3 Å². The molecule has 0 bridgehead atoms. The van der Waals surface area contributed by atoms with Gasteiger partial charge in [0.1, 0.15) is 6.10 Å². The van der Waals surface area contributed by atoms with Crippen LogP contribution in [0.1, 0.15) is 12.8 Å². The van der Waals surface area contributed by atoms with Crippen LogP contribution in [0, 0.1) is 0 Å². The van der Waals surface area contributed by atoms with Crippen molar-refractivity contribution in [2.75, 3.05) is 11.9 Å². The zero-order valence-electron chi connectivity index (χ0n) is 12.2. The van der Waals surface area contributed by atoms with Crippen LogP contribution in [0.4, 0.5) is 5.82 Å². The molecule has 7 nitrogen and oxygen atoms in total. The summed E-state index contributed by atoms with van der Waals surface area (Å²) in [6.07, 6.45) is 4.28. The van der Waals surface area contributed by atoms with Crippen molar-refractivity contribution in [1.82, 2.24) is 15.2 Å². The molecule has 0 spiro atoms. The number of fused-ring (bicyclic) bond motifs is 1. The number of hydrogen-bond acceptors (Lipinski definition) is 6. The lowest BCUT2D eigenvalue weighted by atomic mass is 10.1. The molecule has 1 atom stereocenters. The third kappa shape index (κ3) is 2.78. The Morgan fingerprint density at radius 2 is 2.22 bits per heavy atom. The van der Waals surface area contributed by atoms with E-state index in [0.29, 0.717) is 18.2 Å². The van der Waals surface area contributed by atoms with E-state index in [2.05, 4.69) is 20.5 Å². The fourth-order valence-electron chi connectivity index (χ4n) is 2.61. The van der Waals surface area contributed by atoms with Crippen molar-refractivity contribution in [3.63, 3.8) is 0 Å². The summed E-state index contributed by atoms with van der Waals surface area (Å²) in [6.45, 7) is 0.627. The summed E-state index contributed by atoms with van der Waals surface area (Å²) in [5, 5.41) is 11.8. The van der Waals surface area contributed by atoms with Gasteiger partial charge in [-0.05, 0) is 37.1 Å². The Bertz CT molecular complexity index is 842. The van der Waals surface area contributed by atoms with Gasteiger partial charge in [0.25, 0.3) is 5.91 Å². The number of benzene rings is 1.